The number of nitrogens with one attached hydrogen (secondary N) is 7. The van der Waals surface area contributed by atoms with Crippen LogP contribution in [0.25, 0.3) is 22.3 Å². The summed E-state index contributed by atoms with van der Waals surface area (Å²) in [5.74, 6) is -10.2. The number of aliphatic hydroxyl groups is 1. The highest BCUT2D eigenvalue weighted by molar-refractivity contribution is 7.46. The zero-order valence-corrected chi connectivity index (χ0v) is 44.7. The molecular weight excluding hydrogens is 1130 g/mol. The van der Waals surface area contributed by atoms with Crippen LogP contribution in [-0.4, -0.2) is 147 Å². The second kappa shape index (κ2) is 24.6. The van der Waals surface area contributed by atoms with Crippen molar-refractivity contribution in [3.63, 3.8) is 0 Å². The lowest BCUT2D eigenvalue weighted by Gasteiger charge is -2.31. The molecule has 442 valence electrons. The SMILES string of the molecule is CC[C@@]1(O)C(=O)OCc2c1cc1n(c2=O)Cc2c-1nc1cc(F)c(C)c3c1c2[C@@H](NC(=O)[C@H](OCNC(=O)CNC(=O)[C@H](Cc1ccccc1)NC(=O)CNC(=O)CNC(=O)[C@H](CNCOP(=O)(O)O)N1C(=O)C=CC1=O)C(F)(F)F)CC3. The molecule has 1 aliphatic carbocycles. The molecule has 8 amide bonds. The molecule has 2 aromatic carbocycles. The maximum atomic E-state index is 15.4. The van der Waals surface area contributed by atoms with E-state index in [1.54, 1.807) is 30.3 Å². The van der Waals surface area contributed by atoms with Crippen LogP contribution in [0.1, 0.15) is 64.8 Å². The quantitative estimate of drug-likeness (QED) is 0.00905. The van der Waals surface area contributed by atoms with Gasteiger partial charge in [-0.25, -0.2) is 18.7 Å². The highest BCUT2D eigenvalue weighted by Crippen LogP contribution is 2.46. The van der Waals surface area contributed by atoms with Crippen LogP contribution < -0.4 is 42.8 Å². The van der Waals surface area contributed by atoms with Gasteiger partial charge in [0.15, 0.2) is 5.60 Å². The Morgan fingerprint density at radius 1 is 0.880 bits per heavy atom. The normalized spacial score (nSPS) is 18.1. The van der Waals surface area contributed by atoms with Gasteiger partial charge in [0.2, 0.25) is 35.6 Å². The van der Waals surface area contributed by atoms with E-state index in [1.165, 1.54) is 24.5 Å². The molecule has 0 saturated heterocycles. The molecule has 4 aliphatic rings. The van der Waals surface area contributed by atoms with E-state index >= 15 is 4.39 Å². The molecule has 0 bridgehead atoms. The smallest absolute Gasteiger partial charge is 0.458 e. The lowest BCUT2D eigenvalue weighted by molar-refractivity contribution is -0.220. The van der Waals surface area contributed by atoms with Crippen molar-refractivity contribution in [1.82, 2.24) is 51.7 Å². The van der Waals surface area contributed by atoms with Gasteiger partial charge in [-0.15, -0.1) is 0 Å². The molecule has 3 aliphatic heterocycles. The Bertz CT molecular complexity index is 3470. The van der Waals surface area contributed by atoms with Gasteiger partial charge in [-0.05, 0) is 54.5 Å². The summed E-state index contributed by atoms with van der Waals surface area (Å²) in [7, 11) is -4.94. The average molecular weight is 1190 g/mol. The number of aryl methyl sites for hydroxylation is 1. The molecule has 8 rings (SSSR count). The van der Waals surface area contributed by atoms with Crippen LogP contribution in [0.5, 0.6) is 0 Å². The van der Waals surface area contributed by atoms with E-state index < -0.39 is 155 Å². The number of esters is 1. The Morgan fingerprint density at radius 2 is 1.54 bits per heavy atom. The number of aromatic nitrogens is 2. The summed E-state index contributed by atoms with van der Waals surface area (Å²) < 4.78 is 86.1. The lowest BCUT2D eigenvalue weighted by Crippen LogP contribution is -2.55. The number of alkyl halides is 3. The van der Waals surface area contributed by atoms with Crippen molar-refractivity contribution < 1.29 is 94.2 Å². The maximum absolute atomic E-state index is 15.4. The van der Waals surface area contributed by atoms with E-state index in [4.69, 9.17) is 24.2 Å². The van der Waals surface area contributed by atoms with Gasteiger partial charge < -0.3 is 60.8 Å². The Kier molecular flexibility index (Phi) is 18.0. The predicted octanol–water partition coefficient (Wildman–Crippen LogP) is -1.32. The standard InChI is InChI=1S/C51H53F4N10O17P/c1-3-50(76)29-14-34-43-27(20-64(34)48(74)28(29)21-80-49(50)75)42-31(10-9-26-24(2)30(52)15-32(62-43)41(26)42)63-47(73)44(51(53,54)55)81-23-60-37(67)18-58-45(71)33(13-25-7-5-4-6-8-25)61-38(68)19-57-36(66)17-59-46(72)35(16-56-22-82-83(77,78)79)65-39(69)11-12-40(65)70/h4-8,11-12,14-15,31,33,35,44,56,76H,3,9-10,13,16-23H2,1-2H3,(H,57,66)(H,58,71)(H,59,72)(H,60,67)(H,61,68)(H,63,73)(H2,77,78,79)/t31-,33-,35-,44-,50-/m0/s1. The first-order chi connectivity index (χ1) is 39.2. The van der Waals surface area contributed by atoms with Gasteiger partial charge in [0.1, 0.15) is 38.0 Å². The molecule has 10 N–H and O–H groups in total. The fourth-order valence-electron chi connectivity index (χ4n) is 10.0. The summed E-state index contributed by atoms with van der Waals surface area (Å²) in [6.45, 7) is -2.72. The first kappa shape index (κ1) is 60.8. The van der Waals surface area contributed by atoms with E-state index in [0.29, 0.717) is 27.0 Å². The van der Waals surface area contributed by atoms with E-state index in [0.717, 1.165) is 18.2 Å². The highest BCUT2D eigenvalue weighted by atomic mass is 31.2. The van der Waals surface area contributed by atoms with Crippen molar-refractivity contribution in [2.45, 2.75) is 88.7 Å². The number of amides is 8. The molecule has 0 spiro atoms. The number of hydrogen-bond acceptors (Lipinski definition) is 17. The molecule has 83 heavy (non-hydrogen) atoms. The first-order valence-corrected chi connectivity index (χ1v) is 26.9. The number of ether oxygens (including phenoxy) is 2. The van der Waals surface area contributed by atoms with E-state index in [9.17, 15) is 70.8 Å². The van der Waals surface area contributed by atoms with Crippen molar-refractivity contribution in [3.8, 4) is 11.4 Å². The molecule has 0 unspecified atom stereocenters. The van der Waals surface area contributed by atoms with Crippen LogP contribution in [0.15, 0.2) is 59.4 Å². The summed E-state index contributed by atoms with van der Waals surface area (Å²) in [5.41, 5.74) is -0.790. The summed E-state index contributed by atoms with van der Waals surface area (Å²) in [6.07, 6.45) is -7.14. The number of cyclic esters (lactones) is 1. The zero-order chi connectivity index (χ0) is 60.3. The Morgan fingerprint density at radius 3 is 2.20 bits per heavy atom. The molecule has 0 radical (unpaired) electrons. The van der Waals surface area contributed by atoms with Gasteiger partial charge in [0, 0.05) is 47.7 Å². The number of imide groups is 1. The second-order valence-corrected chi connectivity index (χ2v) is 20.6. The number of carbonyl (C=O) groups is 9. The predicted molar refractivity (Wildman–Crippen MR) is 274 cm³/mol. The molecule has 0 fully saturated rings. The highest BCUT2D eigenvalue weighted by Gasteiger charge is 2.49. The van der Waals surface area contributed by atoms with Crippen LogP contribution >= 0.6 is 7.82 Å². The third-order valence-electron chi connectivity index (χ3n) is 14.1. The third kappa shape index (κ3) is 13.3. The average Bonchev–Trinajstić information content (AvgIpc) is 3.85. The summed E-state index contributed by atoms with van der Waals surface area (Å²) >= 11 is 0. The van der Waals surface area contributed by atoms with Gasteiger partial charge in [-0.1, -0.05) is 37.3 Å². The van der Waals surface area contributed by atoms with Crippen LogP contribution in [0.3, 0.4) is 0 Å². The largest absolute Gasteiger partial charge is 0.470 e. The summed E-state index contributed by atoms with van der Waals surface area (Å²) in [5, 5.41) is 27.5. The van der Waals surface area contributed by atoms with Gasteiger partial charge in [0.25, 0.3) is 23.3 Å². The summed E-state index contributed by atoms with van der Waals surface area (Å²) in [6, 6.07) is 6.36. The van der Waals surface area contributed by atoms with Crippen molar-refractivity contribution in [2.24, 2.45) is 0 Å². The number of pyridine rings is 2. The van der Waals surface area contributed by atoms with E-state index in [2.05, 4.69) is 36.4 Å². The minimum absolute atomic E-state index is 0.00545. The first-order valence-electron chi connectivity index (χ1n) is 25.4. The molecular formula is C51H53F4N10O17P. The third-order valence-corrected chi connectivity index (χ3v) is 14.6. The van der Waals surface area contributed by atoms with Crippen molar-refractivity contribution >= 4 is 72.0 Å². The second-order valence-electron chi connectivity index (χ2n) is 19.4. The zero-order valence-electron chi connectivity index (χ0n) is 43.8. The molecule has 4 aromatic rings. The monoisotopic (exact) mass is 1180 g/mol. The number of halogens is 4. The van der Waals surface area contributed by atoms with E-state index in [1.807, 2.05) is 5.32 Å². The molecule has 32 heteroatoms. The Hall–Kier alpha value is -8.32. The number of phosphoric acid groups is 1. The minimum atomic E-state index is -5.37. The van der Waals surface area contributed by atoms with Crippen molar-refractivity contribution in [2.75, 3.05) is 39.6 Å². The molecule has 27 nitrogen and oxygen atoms in total. The van der Waals surface area contributed by atoms with Gasteiger partial charge >= 0.3 is 20.0 Å². The fourth-order valence-corrected chi connectivity index (χ4v) is 10.3. The topological polar surface area (TPSA) is 381 Å². The molecule has 5 heterocycles. The number of benzene rings is 2. The lowest BCUT2D eigenvalue weighted by atomic mass is 9.81. The van der Waals surface area contributed by atoms with Crippen LogP contribution in [-0.2, 0) is 93.3 Å². The van der Waals surface area contributed by atoms with Gasteiger partial charge in [0.05, 0.1) is 54.7 Å². The number of nitrogens with zero attached hydrogens (tertiary/aromatic N) is 3. The number of phosphoric ester groups is 1. The van der Waals surface area contributed by atoms with Gasteiger partial charge in [-0.3, -0.25) is 57.9 Å². The fraction of sp³-hybridized carbons (Fsp3) is 0.392. The number of fused-ring (bicyclic) bond motifs is 5. The van der Waals surface area contributed by atoms with Crippen LogP contribution in [0, 0.1) is 12.7 Å². The summed E-state index contributed by atoms with van der Waals surface area (Å²) in [4.78, 5) is 153. The van der Waals surface area contributed by atoms with Crippen LogP contribution in [0.2, 0.25) is 0 Å². The van der Waals surface area contributed by atoms with Gasteiger partial charge in [-0.2, -0.15) is 13.2 Å². The number of carbonyl (C=O) groups excluding carboxylic acids is 9. The van der Waals surface area contributed by atoms with Crippen LogP contribution in [0.4, 0.5) is 17.6 Å². The van der Waals surface area contributed by atoms with E-state index in [-0.39, 0.29) is 71.4 Å². The van der Waals surface area contributed by atoms with Crippen molar-refractivity contribution in [1.29, 1.82) is 0 Å². The number of rotatable bonds is 23. The molecule has 0 saturated carbocycles. The molecule has 5 atom stereocenters. The maximum Gasteiger partial charge on any atom is 0.470 e. The Labute approximate surface area is 466 Å². The Balaban J connectivity index is 0.877. The minimum Gasteiger partial charge on any atom is -0.458 e. The van der Waals surface area contributed by atoms with Crippen molar-refractivity contribution in [3.05, 3.63) is 110 Å². The number of hydrogen-bond donors (Lipinski definition) is 10. The molecule has 2 aromatic heterocycles.